The van der Waals surface area contributed by atoms with Crippen LogP contribution in [0.4, 0.5) is 17.1 Å². The molecule has 0 aromatic heterocycles. The standard InChI is InChI=1S/C40H27N/c1-2-12-33(13-3-1)41(35-25-19-28-9-4-5-11-32(28)27-35)34-23-20-30(21-24-34)36-15-8-16-39-38(36)26-22-31-18-17-29-10-6-7-14-37(29)40(31)39/h1-27H. The van der Waals surface area contributed by atoms with Crippen molar-refractivity contribution in [3.8, 4) is 11.1 Å². The highest BCUT2D eigenvalue weighted by Crippen LogP contribution is 2.39. The zero-order chi connectivity index (χ0) is 27.2. The van der Waals surface area contributed by atoms with Crippen molar-refractivity contribution in [1.82, 2.24) is 0 Å². The van der Waals surface area contributed by atoms with Crippen LogP contribution in [0.2, 0.25) is 0 Å². The van der Waals surface area contributed by atoms with Crippen LogP contribution in [0.15, 0.2) is 164 Å². The van der Waals surface area contributed by atoms with E-state index in [-0.39, 0.29) is 0 Å². The van der Waals surface area contributed by atoms with Crippen molar-refractivity contribution in [1.29, 1.82) is 0 Å². The zero-order valence-electron chi connectivity index (χ0n) is 22.5. The van der Waals surface area contributed by atoms with Gasteiger partial charge in [0, 0.05) is 17.1 Å². The molecule has 0 radical (unpaired) electrons. The number of para-hydroxylation sites is 1. The maximum absolute atomic E-state index is 2.33. The number of benzene rings is 8. The Morgan fingerprint density at radius 2 is 0.927 bits per heavy atom. The van der Waals surface area contributed by atoms with Gasteiger partial charge in [0.05, 0.1) is 0 Å². The quantitative estimate of drug-likeness (QED) is 0.208. The van der Waals surface area contributed by atoms with E-state index in [1.165, 1.54) is 54.2 Å². The van der Waals surface area contributed by atoms with Crippen molar-refractivity contribution in [3.63, 3.8) is 0 Å². The van der Waals surface area contributed by atoms with Gasteiger partial charge in [0.1, 0.15) is 0 Å². The van der Waals surface area contributed by atoms with E-state index in [2.05, 4.69) is 169 Å². The van der Waals surface area contributed by atoms with E-state index in [1.54, 1.807) is 0 Å². The summed E-state index contributed by atoms with van der Waals surface area (Å²) < 4.78 is 0. The third-order valence-electron chi connectivity index (χ3n) is 8.21. The molecule has 0 amide bonds. The van der Waals surface area contributed by atoms with Crippen molar-refractivity contribution in [3.05, 3.63) is 164 Å². The van der Waals surface area contributed by atoms with Crippen molar-refractivity contribution in [2.75, 3.05) is 4.90 Å². The Morgan fingerprint density at radius 3 is 1.78 bits per heavy atom. The lowest BCUT2D eigenvalue weighted by molar-refractivity contribution is 1.29. The lowest BCUT2D eigenvalue weighted by Crippen LogP contribution is -2.09. The maximum Gasteiger partial charge on any atom is 0.0468 e. The molecule has 8 rings (SSSR count). The predicted molar refractivity (Wildman–Crippen MR) is 177 cm³/mol. The Morgan fingerprint density at radius 1 is 0.317 bits per heavy atom. The van der Waals surface area contributed by atoms with Gasteiger partial charge >= 0.3 is 0 Å². The average Bonchev–Trinajstić information content (AvgIpc) is 3.05. The Hall–Kier alpha value is -5.40. The number of anilines is 3. The van der Waals surface area contributed by atoms with Crippen LogP contribution in [-0.2, 0) is 0 Å². The Kier molecular flexibility index (Phi) is 5.53. The zero-order valence-corrected chi connectivity index (χ0v) is 22.5. The minimum atomic E-state index is 1.13. The molecular formula is C40H27N. The number of hydrogen-bond acceptors (Lipinski definition) is 1. The Labute approximate surface area is 239 Å². The van der Waals surface area contributed by atoms with Gasteiger partial charge in [0.25, 0.3) is 0 Å². The molecule has 1 heteroatoms. The van der Waals surface area contributed by atoms with Crippen LogP contribution in [0.5, 0.6) is 0 Å². The fraction of sp³-hybridized carbons (Fsp3) is 0. The SMILES string of the molecule is c1ccc(N(c2ccc(-c3cccc4c3ccc3ccc5ccccc5c34)cc2)c2ccc3ccccc3c2)cc1. The second-order valence-electron chi connectivity index (χ2n) is 10.6. The molecule has 8 aromatic rings. The van der Waals surface area contributed by atoms with E-state index in [0.29, 0.717) is 0 Å². The molecular weight excluding hydrogens is 494 g/mol. The van der Waals surface area contributed by atoms with Crippen molar-refractivity contribution in [2.24, 2.45) is 0 Å². The molecule has 0 unspecified atom stereocenters. The molecule has 0 aliphatic carbocycles. The summed E-state index contributed by atoms with van der Waals surface area (Å²) in [6, 6.07) is 59.2. The highest BCUT2D eigenvalue weighted by molar-refractivity contribution is 6.22. The molecule has 0 aliphatic heterocycles. The molecule has 0 aliphatic rings. The van der Waals surface area contributed by atoms with Crippen molar-refractivity contribution >= 4 is 60.2 Å². The molecule has 0 bridgehead atoms. The lowest BCUT2D eigenvalue weighted by atomic mass is 9.92. The molecule has 0 atom stereocenters. The summed E-state index contributed by atoms with van der Waals surface area (Å²) in [6.45, 7) is 0. The summed E-state index contributed by atoms with van der Waals surface area (Å²) in [4.78, 5) is 2.33. The fourth-order valence-electron chi connectivity index (χ4n) is 6.25. The van der Waals surface area contributed by atoms with Crippen LogP contribution in [0.25, 0.3) is 54.2 Å². The normalized spacial score (nSPS) is 11.4. The Bertz CT molecular complexity index is 2190. The highest BCUT2D eigenvalue weighted by Gasteiger charge is 2.14. The first-order valence-corrected chi connectivity index (χ1v) is 14.1. The third kappa shape index (κ3) is 4.02. The molecule has 0 spiro atoms. The molecule has 0 saturated heterocycles. The van der Waals surface area contributed by atoms with E-state index in [0.717, 1.165) is 17.1 Å². The summed E-state index contributed by atoms with van der Waals surface area (Å²) >= 11 is 0. The van der Waals surface area contributed by atoms with Crippen LogP contribution in [-0.4, -0.2) is 0 Å². The van der Waals surface area contributed by atoms with Crippen molar-refractivity contribution < 1.29 is 0 Å². The summed E-state index contributed by atoms with van der Waals surface area (Å²) in [6.07, 6.45) is 0. The van der Waals surface area contributed by atoms with Gasteiger partial charge < -0.3 is 4.90 Å². The van der Waals surface area contributed by atoms with E-state index < -0.39 is 0 Å². The van der Waals surface area contributed by atoms with Gasteiger partial charge in [0.15, 0.2) is 0 Å². The van der Waals surface area contributed by atoms with Crippen LogP contribution in [0.3, 0.4) is 0 Å². The Balaban J connectivity index is 1.26. The molecule has 8 aromatic carbocycles. The van der Waals surface area contributed by atoms with E-state index in [1.807, 2.05) is 0 Å². The summed E-state index contributed by atoms with van der Waals surface area (Å²) in [5.41, 5.74) is 5.88. The molecule has 192 valence electrons. The second kappa shape index (κ2) is 9.66. The van der Waals surface area contributed by atoms with Gasteiger partial charge in [-0.15, -0.1) is 0 Å². The van der Waals surface area contributed by atoms with Crippen LogP contribution in [0, 0.1) is 0 Å². The molecule has 0 saturated carbocycles. The smallest absolute Gasteiger partial charge is 0.0468 e. The molecule has 1 nitrogen and oxygen atoms in total. The van der Waals surface area contributed by atoms with Gasteiger partial charge in [0.2, 0.25) is 0 Å². The summed E-state index contributed by atoms with van der Waals surface area (Å²) in [7, 11) is 0. The van der Waals surface area contributed by atoms with E-state index in [4.69, 9.17) is 0 Å². The van der Waals surface area contributed by atoms with Gasteiger partial charge in [-0.2, -0.15) is 0 Å². The van der Waals surface area contributed by atoms with Gasteiger partial charge in [-0.05, 0) is 90.6 Å². The summed E-state index contributed by atoms with van der Waals surface area (Å²) in [5.74, 6) is 0. The van der Waals surface area contributed by atoms with Crippen LogP contribution < -0.4 is 4.90 Å². The van der Waals surface area contributed by atoms with Gasteiger partial charge in [-0.25, -0.2) is 0 Å². The number of fused-ring (bicyclic) bond motifs is 6. The van der Waals surface area contributed by atoms with Gasteiger partial charge in [-0.1, -0.05) is 127 Å². The van der Waals surface area contributed by atoms with Crippen LogP contribution >= 0.6 is 0 Å². The molecule has 0 fully saturated rings. The number of nitrogens with zero attached hydrogens (tertiary/aromatic N) is 1. The maximum atomic E-state index is 2.33. The average molecular weight is 522 g/mol. The summed E-state index contributed by atoms with van der Waals surface area (Å²) in [5, 5.41) is 10.2. The largest absolute Gasteiger partial charge is 0.310 e. The molecule has 0 heterocycles. The molecule has 41 heavy (non-hydrogen) atoms. The minimum absolute atomic E-state index is 1.13. The minimum Gasteiger partial charge on any atom is -0.310 e. The fourth-order valence-corrected chi connectivity index (χ4v) is 6.25. The number of rotatable bonds is 4. The van der Waals surface area contributed by atoms with Crippen LogP contribution in [0.1, 0.15) is 0 Å². The first kappa shape index (κ1) is 23.5. The van der Waals surface area contributed by atoms with E-state index >= 15 is 0 Å². The molecule has 0 N–H and O–H groups in total. The lowest BCUT2D eigenvalue weighted by Gasteiger charge is -2.26. The topological polar surface area (TPSA) is 3.24 Å². The second-order valence-corrected chi connectivity index (χ2v) is 10.6. The van der Waals surface area contributed by atoms with Gasteiger partial charge in [-0.3, -0.25) is 0 Å². The van der Waals surface area contributed by atoms with E-state index in [9.17, 15) is 0 Å². The monoisotopic (exact) mass is 521 g/mol. The highest BCUT2D eigenvalue weighted by atomic mass is 15.1. The predicted octanol–water partition coefficient (Wildman–Crippen LogP) is 11.4. The third-order valence-corrected chi connectivity index (χ3v) is 8.21. The number of hydrogen-bond donors (Lipinski definition) is 0. The first-order chi connectivity index (χ1) is 20.3. The van der Waals surface area contributed by atoms with Crippen molar-refractivity contribution in [2.45, 2.75) is 0 Å². The first-order valence-electron chi connectivity index (χ1n) is 14.1.